The molecule has 7 heteroatoms. The molecule has 0 saturated carbocycles. The summed E-state index contributed by atoms with van der Waals surface area (Å²) in [6.45, 7) is 6.12. The number of aromatic nitrogens is 3. The number of carbonyl (C=O) groups is 1. The van der Waals surface area contributed by atoms with Crippen LogP contribution < -0.4 is 5.56 Å². The summed E-state index contributed by atoms with van der Waals surface area (Å²) in [6.07, 6.45) is 6.73. The molecule has 0 aromatic carbocycles. The van der Waals surface area contributed by atoms with E-state index < -0.39 is 11.5 Å². The Hall–Kier alpha value is -2.80. The summed E-state index contributed by atoms with van der Waals surface area (Å²) < 4.78 is 6.22. The van der Waals surface area contributed by atoms with E-state index in [2.05, 4.69) is 29.2 Å². The predicted octanol–water partition coefficient (Wildman–Crippen LogP) is 3.62. The van der Waals surface area contributed by atoms with Gasteiger partial charge in [0.1, 0.15) is 16.2 Å². The number of nitrogens with zero attached hydrogens (tertiary/aromatic N) is 3. The first-order valence-corrected chi connectivity index (χ1v) is 9.19. The average Bonchev–Trinajstić information content (AvgIpc) is 3.09. The van der Waals surface area contributed by atoms with Crippen LogP contribution in [0.5, 0.6) is 0 Å². The topological polar surface area (TPSA) is 73.6 Å². The fourth-order valence-electron chi connectivity index (χ4n) is 2.35. The number of carbonyl (C=O) groups excluding carboxylic acids is 1. The molecule has 3 aromatic rings. The zero-order valence-electron chi connectivity index (χ0n) is 14.8. The summed E-state index contributed by atoms with van der Waals surface area (Å²) in [5.41, 5.74) is 1.92. The maximum Gasteiger partial charge on any atom is 0.345 e. The maximum absolute atomic E-state index is 12.4. The van der Waals surface area contributed by atoms with E-state index in [-0.39, 0.29) is 12.2 Å². The van der Waals surface area contributed by atoms with E-state index in [4.69, 9.17) is 4.74 Å². The van der Waals surface area contributed by atoms with Crippen molar-refractivity contribution in [1.82, 2.24) is 14.4 Å². The van der Waals surface area contributed by atoms with Crippen molar-refractivity contribution in [2.75, 3.05) is 6.61 Å². The van der Waals surface area contributed by atoms with Crippen LogP contribution in [0, 0.1) is 0 Å². The third kappa shape index (κ3) is 3.72. The van der Waals surface area contributed by atoms with Crippen LogP contribution >= 0.6 is 11.3 Å². The van der Waals surface area contributed by atoms with Crippen LogP contribution in [0.1, 0.15) is 53.3 Å². The molecule has 0 aliphatic rings. The molecule has 0 saturated heterocycles. The number of esters is 1. The Labute approximate surface area is 154 Å². The number of fused-ring (bicyclic) bond motifs is 1. The number of hydrogen-bond donors (Lipinski definition) is 0. The smallest absolute Gasteiger partial charge is 0.345 e. The lowest BCUT2D eigenvalue weighted by Crippen LogP contribution is -2.24. The maximum atomic E-state index is 12.4. The van der Waals surface area contributed by atoms with Crippen LogP contribution in [0.4, 0.5) is 0 Å². The van der Waals surface area contributed by atoms with Gasteiger partial charge in [-0.25, -0.2) is 14.8 Å². The summed E-state index contributed by atoms with van der Waals surface area (Å²) in [5.74, 6) is -0.258. The SMILES string of the molecule is CCOC(=O)c1cnc2cc(C=Cc3nc(C(C)C)cs3)ccn2c1=O. The molecule has 26 heavy (non-hydrogen) atoms. The van der Waals surface area contributed by atoms with Crippen LogP contribution in [-0.4, -0.2) is 26.9 Å². The van der Waals surface area contributed by atoms with Crippen LogP contribution in [-0.2, 0) is 4.74 Å². The lowest BCUT2D eigenvalue weighted by atomic mass is 10.2. The van der Waals surface area contributed by atoms with Crippen molar-refractivity contribution in [3.63, 3.8) is 0 Å². The lowest BCUT2D eigenvalue weighted by molar-refractivity contribution is 0.0523. The highest BCUT2D eigenvalue weighted by Crippen LogP contribution is 2.19. The van der Waals surface area contributed by atoms with E-state index in [1.165, 1.54) is 10.6 Å². The number of thiazole rings is 1. The molecule has 3 aromatic heterocycles. The largest absolute Gasteiger partial charge is 0.462 e. The van der Waals surface area contributed by atoms with Crippen LogP contribution in [0.2, 0.25) is 0 Å². The predicted molar refractivity (Wildman–Crippen MR) is 103 cm³/mol. The second kappa shape index (κ2) is 7.61. The van der Waals surface area contributed by atoms with Crippen molar-refractivity contribution < 1.29 is 9.53 Å². The van der Waals surface area contributed by atoms with Gasteiger partial charge in [-0.1, -0.05) is 19.9 Å². The van der Waals surface area contributed by atoms with Crippen molar-refractivity contribution in [1.29, 1.82) is 0 Å². The highest BCUT2D eigenvalue weighted by Gasteiger charge is 2.14. The Kier molecular flexibility index (Phi) is 5.27. The lowest BCUT2D eigenvalue weighted by Gasteiger charge is -2.04. The Morgan fingerprint density at radius 3 is 2.88 bits per heavy atom. The molecule has 0 spiro atoms. The summed E-state index contributed by atoms with van der Waals surface area (Å²) in [5, 5.41) is 2.99. The second-order valence-electron chi connectivity index (χ2n) is 5.98. The number of hydrogen-bond acceptors (Lipinski definition) is 6. The molecule has 0 N–H and O–H groups in total. The van der Waals surface area contributed by atoms with Gasteiger partial charge in [0.2, 0.25) is 0 Å². The standard InChI is InChI=1S/C19H19N3O3S/c1-4-25-19(24)14-10-20-16-9-13(7-8-22(16)18(14)23)5-6-17-21-15(11-26-17)12(2)3/h5-12H,4H2,1-3H3. The molecule has 0 unspecified atom stereocenters. The normalized spacial score (nSPS) is 11.5. The van der Waals surface area contributed by atoms with Gasteiger partial charge in [-0.3, -0.25) is 9.20 Å². The molecule has 0 radical (unpaired) electrons. The van der Waals surface area contributed by atoms with Gasteiger partial charge in [-0.05, 0) is 36.6 Å². The summed E-state index contributed by atoms with van der Waals surface area (Å²) >= 11 is 1.59. The van der Waals surface area contributed by atoms with E-state index in [1.807, 2.05) is 12.2 Å². The molecule has 0 bridgehead atoms. The van der Waals surface area contributed by atoms with Crippen molar-refractivity contribution in [3.05, 3.63) is 62.1 Å². The van der Waals surface area contributed by atoms with Crippen molar-refractivity contribution >= 4 is 35.1 Å². The molecule has 0 aliphatic carbocycles. The van der Waals surface area contributed by atoms with E-state index in [1.54, 1.807) is 36.6 Å². The minimum Gasteiger partial charge on any atom is -0.462 e. The molecule has 0 atom stereocenters. The first-order valence-electron chi connectivity index (χ1n) is 8.31. The molecule has 0 amide bonds. The third-order valence-corrected chi connectivity index (χ3v) is 4.61. The van der Waals surface area contributed by atoms with Crippen molar-refractivity contribution in [2.24, 2.45) is 0 Å². The number of rotatable bonds is 5. The molecule has 6 nitrogen and oxygen atoms in total. The molecule has 0 fully saturated rings. The van der Waals surface area contributed by atoms with E-state index in [9.17, 15) is 9.59 Å². The molecule has 134 valence electrons. The van der Waals surface area contributed by atoms with Gasteiger partial charge in [-0.15, -0.1) is 11.3 Å². The third-order valence-electron chi connectivity index (χ3n) is 3.78. The van der Waals surface area contributed by atoms with Gasteiger partial charge in [-0.2, -0.15) is 0 Å². The fourth-order valence-corrected chi connectivity index (χ4v) is 3.22. The van der Waals surface area contributed by atoms with Crippen LogP contribution in [0.15, 0.2) is 34.7 Å². The number of ether oxygens (including phenoxy) is 1. The molecule has 3 heterocycles. The van der Waals surface area contributed by atoms with Gasteiger partial charge in [0.15, 0.2) is 0 Å². The van der Waals surface area contributed by atoms with Gasteiger partial charge in [0.25, 0.3) is 5.56 Å². The second-order valence-corrected chi connectivity index (χ2v) is 6.87. The summed E-state index contributed by atoms with van der Waals surface area (Å²) in [4.78, 5) is 33.0. The van der Waals surface area contributed by atoms with E-state index in [0.29, 0.717) is 11.6 Å². The van der Waals surface area contributed by atoms with Crippen molar-refractivity contribution in [3.8, 4) is 0 Å². The quantitative estimate of drug-likeness (QED) is 0.642. The van der Waals surface area contributed by atoms with Gasteiger partial charge in [0.05, 0.1) is 12.3 Å². The minimum absolute atomic E-state index is 0.0726. The monoisotopic (exact) mass is 369 g/mol. The molecule has 3 rings (SSSR count). The fraction of sp³-hybridized carbons (Fsp3) is 0.263. The minimum atomic E-state index is -0.659. The van der Waals surface area contributed by atoms with E-state index in [0.717, 1.165) is 16.3 Å². The zero-order valence-corrected chi connectivity index (χ0v) is 15.6. The van der Waals surface area contributed by atoms with Crippen LogP contribution in [0.3, 0.4) is 0 Å². The van der Waals surface area contributed by atoms with E-state index >= 15 is 0 Å². The first kappa shape index (κ1) is 18.0. The molecular weight excluding hydrogens is 350 g/mol. The Morgan fingerprint density at radius 2 is 2.19 bits per heavy atom. The Bertz CT molecular complexity index is 1030. The van der Waals surface area contributed by atoms with Gasteiger partial charge in [0, 0.05) is 17.8 Å². The highest BCUT2D eigenvalue weighted by atomic mass is 32.1. The van der Waals surface area contributed by atoms with Crippen LogP contribution in [0.25, 0.3) is 17.8 Å². The Balaban J connectivity index is 1.89. The summed E-state index contributed by atoms with van der Waals surface area (Å²) in [6, 6.07) is 3.57. The molecular formula is C19H19N3O3S. The zero-order chi connectivity index (χ0) is 18.7. The van der Waals surface area contributed by atoms with Gasteiger partial charge < -0.3 is 4.74 Å². The highest BCUT2D eigenvalue weighted by molar-refractivity contribution is 7.10. The first-order chi connectivity index (χ1) is 12.5. The molecule has 0 aliphatic heterocycles. The van der Waals surface area contributed by atoms with Gasteiger partial charge >= 0.3 is 5.97 Å². The summed E-state index contributed by atoms with van der Waals surface area (Å²) in [7, 11) is 0. The average molecular weight is 369 g/mol. The van der Waals surface area contributed by atoms with Crippen molar-refractivity contribution in [2.45, 2.75) is 26.7 Å². The number of pyridine rings is 1. The Morgan fingerprint density at radius 1 is 1.38 bits per heavy atom.